The summed E-state index contributed by atoms with van der Waals surface area (Å²) in [4.78, 5) is 10.7. The Kier molecular flexibility index (Phi) is 2.48. The van der Waals surface area contributed by atoms with Crippen molar-refractivity contribution in [1.82, 2.24) is 0 Å². The molecule has 13 heavy (non-hydrogen) atoms. The minimum Gasteiger partial charge on any atom is -0.507 e. The second-order valence-electron chi connectivity index (χ2n) is 2.83. The number of phenols is 1. The van der Waals surface area contributed by atoms with E-state index in [-0.39, 0.29) is 16.3 Å². The molecule has 2 N–H and O–H groups in total. The minimum absolute atomic E-state index is 0.0122. The molecule has 0 bridgehead atoms. The van der Waals surface area contributed by atoms with Gasteiger partial charge in [0.1, 0.15) is 5.75 Å². The maximum Gasteiger partial charge on any atom is 0.337 e. The van der Waals surface area contributed by atoms with Crippen molar-refractivity contribution in [2.45, 2.75) is 13.8 Å². The number of phenolic OH excluding ortho intramolecular Hbond substituents is 1. The van der Waals surface area contributed by atoms with E-state index in [1.807, 2.05) is 0 Å². The summed E-state index contributed by atoms with van der Waals surface area (Å²) in [7, 11) is 0. The Morgan fingerprint density at radius 2 is 2.00 bits per heavy atom. The van der Waals surface area contributed by atoms with Crippen LogP contribution in [0.2, 0.25) is 5.02 Å². The van der Waals surface area contributed by atoms with Crippen LogP contribution in [0.3, 0.4) is 0 Å². The second-order valence-corrected chi connectivity index (χ2v) is 3.24. The molecule has 0 amide bonds. The van der Waals surface area contributed by atoms with Crippen LogP contribution in [0.4, 0.5) is 0 Å². The highest BCUT2D eigenvalue weighted by atomic mass is 35.5. The molecule has 0 saturated carbocycles. The normalized spacial score (nSPS) is 10.1. The van der Waals surface area contributed by atoms with Crippen LogP contribution in [0.15, 0.2) is 6.07 Å². The van der Waals surface area contributed by atoms with Crippen molar-refractivity contribution < 1.29 is 15.0 Å². The third-order valence-corrected chi connectivity index (χ3v) is 2.20. The van der Waals surface area contributed by atoms with Gasteiger partial charge in [0.15, 0.2) is 0 Å². The summed E-state index contributed by atoms with van der Waals surface area (Å²) in [5.74, 6) is -1.14. The van der Waals surface area contributed by atoms with Crippen molar-refractivity contribution in [3.05, 3.63) is 27.8 Å². The van der Waals surface area contributed by atoms with Crippen LogP contribution < -0.4 is 0 Å². The van der Waals surface area contributed by atoms with Crippen molar-refractivity contribution in [3.63, 3.8) is 0 Å². The molecule has 0 atom stereocenters. The van der Waals surface area contributed by atoms with E-state index in [2.05, 4.69) is 0 Å². The molecule has 3 nitrogen and oxygen atoms in total. The Morgan fingerprint density at radius 1 is 1.46 bits per heavy atom. The molecular formula is C9H9ClO3. The van der Waals surface area contributed by atoms with Gasteiger partial charge in [-0.05, 0) is 25.5 Å². The highest BCUT2D eigenvalue weighted by Crippen LogP contribution is 2.30. The molecule has 1 rings (SSSR count). The van der Waals surface area contributed by atoms with E-state index in [0.29, 0.717) is 11.1 Å². The topological polar surface area (TPSA) is 57.5 Å². The molecule has 0 aliphatic carbocycles. The second kappa shape index (κ2) is 3.26. The average molecular weight is 201 g/mol. The molecule has 0 aliphatic rings. The van der Waals surface area contributed by atoms with E-state index < -0.39 is 5.97 Å². The Hall–Kier alpha value is -1.22. The fraction of sp³-hybridized carbons (Fsp3) is 0.222. The monoisotopic (exact) mass is 200 g/mol. The molecule has 1 aromatic rings. The first-order valence-corrected chi connectivity index (χ1v) is 4.05. The van der Waals surface area contributed by atoms with Crippen LogP contribution in [0.5, 0.6) is 5.75 Å². The van der Waals surface area contributed by atoms with E-state index in [0.717, 1.165) is 0 Å². The van der Waals surface area contributed by atoms with Crippen molar-refractivity contribution in [3.8, 4) is 5.75 Å². The molecule has 4 heteroatoms. The summed E-state index contributed by atoms with van der Waals surface area (Å²) in [6, 6.07) is 1.44. The van der Waals surface area contributed by atoms with Gasteiger partial charge in [-0.3, -0.25) is 0 Å². The first kappa shape index (κ1) is 9.86. The van der Waals surface area contributed by atoms with Crippen molar-refractivity contribution in [2.24, 2.45) is 0 Å². The van der Waals surface area contributed by atoms with Gasteiger partial charge in [-0.25, -0.2) is 4.79 Å². The number of hydrogen-bond donors (Lipinski definition) is 2. The number of aromatic hydroxyl groups is 1. The van der Waals surface area contributed by atoms with Crippen LogP contribution >= 0.6 is 11.6 Å². The van der Waals surface area contributed by atoms with Crippen LogP contribution in [0.1, 0.15) is 21.5 Å². The number of halogens is 1. The molecule has 1 aromatic carbocycles. The molecule has 0 heterocycles. The molecule has 0 spiro atoms. The zero-order chi connectivity index (χ0) is 10.2. The van der Waals surface area contributed by atoms with Crippen LogP contribution in [0, 0.1) is 13.8 Å². The number of benzene rings is 1. The van der Waals surface area contributed by atoms with Gasteiger partial charge < -0.3 is 10.2 Å². The molecule has 0 saturated heterocycles. The Bertz CT molecular complexity index is 372. The molecular weight excluding hydrogens is 192 g/mol. The number of hydrogen-bond acceptors (Lipinski definition) is 2. The summed E-state index contributed by atoms with van der Waals surface area (Å²) in [5, 5.41) is 18.4. The van der Waals surface area contributed by atoms with E-state index in [9.17, 15) is 9.90 Å². The maximum absolute atomic E-state index is 10.7. The fourth-order valence-corrected chi connectivity index (χ4v) is 1.57. The van der Waals surface area contributed by atoms with Gasteiger partial charge in [-0.15, -0.1) is 0 Å². The third kappa shape index (κ3) is 1.60. The van der Waals surface area contributed by atoms with Gasteiger partial charge in [-0.2, -0.15) is 0 Å². The minimum atomic E-state index is -1.13. The Balaban J connectivity index is 3.53. The molecule has 0 unspecified atom stereocenters. The van der Waals surface area contributed by atoms with Gasteiger partial charge in [0.25, 0.3) is 0 Å². The zero-order valence-electron chi connectivity index (χ0n) is 7.26. The first-order chi connectivity index (χ1) is 5.95. The summed E-state index contributed by atoms with van der Waals surface area (Å²) < 4.78 is 0. The molecule has 70 valence electrons. The lowest BCUT2D eigenvalue weighted by Gasteiger charge is -2.08. The standard InChI is InChI=1S/C9H9ClO3/c1-4-3-6(10)7(9(12)13)5(2)8(4)11/h3,11H,1-2H3,(H,12,13). The van der Waals surface area contributed by atoms with E-state index in [1.54, 1.807) is 6.92 Å². The highest BCUT2D eigenvalue weighted by molar-refractivity contribution is 6.33. The summed E-state index contributed by atoms with van der Waals surface area (Å²) in [6.45, 7) is 3.19. The predicted octanol–water partition coefficient (Wildman–Crippen LogP) is 2.36. The highest BCUT2D eigenvalue weighted by Gasteiger charge is 2.16. The smallest absolute Gasteiger partial charge is 0.337 e. The average Bonchev–Trinajstić information content (AvgIpc) is 1.99. The van der Waals surface area contributed by atoms with Crippen LogP contribution in [-0.4, -0.2) is 16.2 Å². The lowest BCUT2D eigenvalue weighted by Crippen LogP contribution is -2.01. The van der Waals surface area contributed by atoms with E-state index >= 15 is 0 Å². The summed E-state index contributed by atoms with van der Waals surface area (Å²) in [5.41, 5.74) is 0.842. The van der Waals surface area contributed by atoms with Gasteiger partial charge in [0.05, 0.1) is 10.6 Å². The van der Waals surface area contributed by atoms with Gasteiger partial charge in [0, 0.05) is 5.56 Å². The summed E-state index contributed by atoms with van der Waals surface area (Å²) >= 11 is 5.71. The predicted molar refractivity (Wildman–Crippen MR) is 49.6 cm³/mol. The Morgan fingerprint density at radius 3 is 2.46 bits per heavy atom. The van der Waals surface area contributed by atoms with Crippen molar-refractivity contribution in [1.29, 1.82) is 0 Å². The SMILES string of the molecule is Cc1cc(Cl)c(C(=O)O)c(C)c1O. The molecule has 0 fully saturated rings. The number of aromatic carboxylic acids is 1. The molecule has 0 aromatic heterocycles. The number of carboxylic acids is 1. The number of carbonyl (C=O) groups is 1. The van der Waals surface area contributed by atoms with Gasteiger partial charge >= 0.3 is 5.97 Å². The number of carboxylic acid groups (broad SMARTS) is 1. The molecule has 0 radical (unpaired) electrons. The fourth-order valence-electron chi connectivity index (χ4n) is 1.19. The van der Waals surface area contributed by atoms with E-state index in [4.69, 9.17) is 16.7 Å². The first-order valence-electron chi connectivity index (χ1n) is 3.67. The Labute approximate surface area is 80.6 Å². The molecule has 0 aliphatic heterocycles. The van der Waals surface area contributed by atoms with Crippen LogP contribution in [0.25, 0.3) is 0 Å². The van der Waals surface area contributed by atoms with Crippen molar-refractivity contribution in [2.75, 3.05) is 0 Å². The summed E-state index contributed by atoms with van der Waals surface area (Å²) in [6.07, 6.45) is 0. The zero-order valence-corrected chi connectivity index (χ0v) is 8.01. The quantitative estimate of drug-likeness (QED) is 0.732. The van der Waals surface area contributed by atoms with E-state index in [1.165, 1.54) is 13.0 Å². The van der Waals surface area contributed by atoms with Crippen molar-refractivity contribution >= 4 is 17.6 Å². The number of aryl methyl sites for hydroxylation is 1. The largest absolute Gasteiger partial charge is 0.507 e. The lowest BCUT2D eigenvalue weighted by molar-refractivity contribution is 0.0696. The van der Waals surface area contributed by atoms with Gasteiger partial charge in [-0.1, -0.05) is 11.6 Å². The number of rotatable bonds is 1. The van der Waals surface area contributed by atoms with Gasteiger partial charge in [0.2, 0.25) is 0 Å². The maximum atomic E-state index is 10.7. The third-order valence-electron chi connectivity index (χ3n) is 1.90. The van der Waals surface area contributed by atoms with Crippen LogP contribution in [-0.2, 0) is 0 Å². The lowest BCUT2D eigenvalue weighted by atomic mass is 10.0.